The number of aliphatic carboxylic acids is 1. The first kappa shape index (κ1) is 15.2. The normalized spacial score (nSPS) is 21.6. The highest BCUT2D eigenvalue weighted by Gasteiger charge is 2.26. The molecule has 0 radical (unpaired) electrons. The minimum atomic E-state index is -1.07. The van der Waals surface area contributed by atoms with Crippen LogP contribution < -0.4 is 5.32 Å². The Morgan fingerprint density at radius 3 is 2.95 bits per heavy atom. The molecule has 0 aliphatic heterocycles. The molecule has 1 aromatic rings. The van der Waals surface area contributed by atoms with Gasteiger partial charge in [0.2, 0.25) is 0 Å². The van der Waals surface area contributed by atoms with Crippen molar-refractivity contribution in [2.24, 2.45) is 0 Å². The van der Waals surface area contributed by atoms with Crippen LogP contribution in [0.5, 0.6) is 0 Å². The fraction of sp³-hybridized carbons (Fsp3) is 0.400. The molecular weight excluding hydrogens is 272 g/mol. The number of methoxy groups -OCH3 is 1. The summed E-state index contributed by atoms with van der Waals surface area (Å²) in [5.74, 6) is -1.36. The van der Waals surface area contributed by atoms with Gasteiger partial charge in [0, 0.05) is 31.0 Å². The molecule has 0 spiro atoms. The number of hydrogen-bond donors (Lipinski definition) is 2. The van der Waals surface area contributed by atoms with E-state index in [2.05, 4.69) is 10.3 Å². The minimum absolute atomic E-state index is 0.0701. The average molecular weight is 290 g/mol. The number of pyridine rings is 1. The van der Waals surface area contributed by atoms with Crippen LogP contribution >= 0.6 is 0 Å². The van der Waals surface area contributed by atoms with Crippen molar-refractivity contribution in [3.8, 4) is 0 Å². The molecule has 1 aliphatic carbocycles. The number of ether oxygens (including phenoxy) is 1. The zero-order chi connectivity index (χ0) is 15.2. The molecule has 1 fully saturated rings. The number of carboxylic acids is 1. The first-order chi connectivity index (χ1) is 10.1. The van der Waals surface area contributed by atoms with Gasteiger partial charge in [0.1, 0.15) is 5.69 Å². The Kier molecular flexibility index (Phi) is 5.05. The molecule has 112 valence electrons. The summed E-state index contributed by atoms with van der Waals surface area (Å²) in [7, 11) is 1.67. The Balaban J connectivity index is 2.07. The second kappa shape index (κ2) is 6.99. The van der Waals surface area contributed by atoms with Gasteiger partial charge in [0.05, 0.1) is 6.10 Å². The number of nitrogens with zero attached hydrogens (tertiary/aromatic N) is 1. The van der Waals surface area contributed by atoms with Crippen molar-refractivity contribution in [2.45, 2.75) is 31.4 Å². The summed E-state index contributed by atoms with van der Waals surface area (Å²) in [6.07, 6.45) is 6.65. The van der Waals surface area contributed by atoms with Gasteiger partial charge in [-0.05, 0) is 31.4 Å². The van der Waals surface area contributed by atoms with Crippen LogP contribution in [0.2, 0.25) is 0 Å². The molecule has 2 rings (SSSR count). The van der Waals surface area contributed by atoms with Gasteiger partial charge in [-0.2, -0.15) is 0 Å². The summed E-state index contributed by atoms with van der Waals surface area (Å²) in [4.78, 5) is 26.9. The zero-order valence-corrected chi connectivity index (χ0v) is 11.8. The van der Waals surface area contributed by atoms with Crippen molar-refractivity contribution in [1.82, 2.24) is 10.3 Å². The highest BCUT2D eigenvalue weighted by atomic mass is 16.5. The molecular formula is C15H18N2O4. The van der Waals surface area contributed by atoms with Crippen LogP contribution in [0.4, 0.5) is 0 Å². The number of carbonyl (C=O) groups excluding carboxylic acids is 1. The van der Waals surface area contributed by atoms with Crippen molar-refractivity contribution in [3.63, 3.8) is 0 Å². The molecule has 0 bridgehead atoms. The first-order valence-electron chi connectivity index (χ1n) is 6.80. The lowest BCUT2D eigenvalue weighted by Crippen LogP contribution is -2.34. The molecule has 0 saturated heterocycles. The van der Waals surface area contributed by atoms with E-state index in [9.17, 15) is 9.59 Å². The van der Waals surface area contributed by atoms with E-state index in [0.29, 0.717) is 5.56 Å². The number of rotatable bonds is 5. The predicted octanol–water partition coefficient (Wildman–Crippen LogP) is 1.48. The van der Waals surface area contributed by atoms with E-state index in [1.165, 1.54) is 12.3 Å². The fourth-order valence-electron chi connectivity index (χ4n) is 2.44. The van der Waals surface area contributed by atoms with Gasteiger partial charge in [0.15, 0.2) is 0 Å². The van der Waals surface area contributed by atoms with Gasteiger partial charge in [-0.3, -0.25) is 9.78 Å². The fourth-order valence-corrected chi connectivity index (χ4v) is 2.44. The quantitative estimate of drug-likeness (QED) is 0.802. The summed E-state index contributed by atoms with van der Waals surface area (Å²) < 4.78 is 5.27. The van der Waals surface area contributed by atoms with Crippen molar-refractivity contribution in [1.29, 1.82) is 0 Å². The topological polar surface area (TPSA) is 88.5 Å². The molecule has 2 unspecified atom stereocenters. The first-order valence-corrected chi connectivity index (χ1v) is 6.80. The number of carboxylic acid groups (broad SMARTS) is 1. The Bertz CT molecular complexity index is 556. The lowest BCUT2D eigenvalue weighted by Gasteiger charge is -2.13. The second-order valence-corrected chi connectivity index (χ2v) is 4.95. The molecule has 1 saturated carbocycles. The van der Waals surface area contributed by atoms with Gasteiger partial charge >= 0.3 is 5.97 Å². The van der Waals surface area contributed by atoms with Gasteiger partial charge < -0.3 is 15.2 Å². The van der Waals surface area contributed by atoms with Crippen molar-refractivity contribution < 1.29 is 19.4 Å². The number of nitrogens with one attached hydrogen (secondary N) is 1. The van der Waals surface area contributed by atoms with E-state index in [1.807, 2.05) is 0 Å². The Hall–Kier alpha value is -2.21. The van der Waals surface area contributed by atoms with Gasteiger partial charge in [-0.25, -0.2) is 4.79 Å². The molecule has 1 aromatic heterocycles. The second-order valence-electron chi connectivity index (χ2n) is 4.95. The monoisotopic (exact) mass is 290 g/mol. The molecule has 6 heteroatoms. The molecule has 1 amide bonds. The average Bonchev–Trinajstić information content (AvgIpc) is 2.93. The standard InChI is InChI=1S/C15H18N2O4/c1-21-12-6-5-11(9-12)17-15(20)14-10(3-2-8-16-14)4-7-13(18)19/h2-4,7-8,11-12H,5-6,9H2,1H3,(H,17,20)(H,18,19)/b7-4+. The SMILES string of the molecule is COC1CCC(NC(=O)c2ncccc2/C=C/C(=O)O)C1. The molecule has 2 atom stereocenters. The Morgan fingerprint density at radius 2 is 2.29 bits per heavy atom. The van der Waals surface area contributed by atoms with E-state index in [0.717, 1.165) is 25.3 Å². The molecule has 6 nitrogen and oxygen atoms in total. The van der Waals surface area contributed by atoms with Crippen molar-refractivity contribution >= 4 is 18.0 Å². The van der Waals surface area contributed by atoms with Gasteiger partial charge in [-0.15, -0.1) is 0 Å². The largest absolute Gasteiger partial charge is 0.478 e. The summed E-state index contributed by atoms with van der Waals surface area (Å²) >= 11 is 0. The summed E-state index contributed by atoms with van der Waals surface area (Å²) in [5, 5.41) is 11.6. The van der Waals surface area contributed by atoms with Gasteiger partial charge in [0.25, 0.3) is 5.91 Å². The maximum atomic E-state index is 12.3. The Morgan fingerprint density at radius 1 is 1.48 bits per heavy atom. The molecule has 1 aliphatic rings. The van der Waals surface area contributed by atoms with Crippen LogP contribution in [0.1, 0.15) is 35.3 Å². The minimum Gasteiger partial charge on any atom is -0.478 e. The van der Waals surface area contributed by atoms with Crippen LogP contribution in [0.3, 0.4) is 0 Å². The van der Waals surface area contributed by atoms with Gasteiger partial charge in [-0.1, -0.05) is 6.07 Å². The molecule has 0 aromatic carbocycles. The summed E-state index contributed by atoms with van der Waals surface area (Å²) in [6, 6.07) is 3.39. The van der Waals surface area contributed by atoms with E-state index in [4.69, 9.17) is 9.84 Å². The van der Waals surface area contributed by atoms with E-state index >= 15 is 0 Å². The van der Waals surface area contributed by atoms with Crippen LogP contribution in [0.15, 0.2) is 24.4 Å². The molecule has 2 N–H and O–H groups in total. The van der Waals surface area contributed by atoms with Crippen LogP contribution in [-0.2, 0) is 9.53 Å². The predicted molar refractivity (Wildman–Crippen MR) is 76.8 cm³/mol. The number of hydrogen-bond acceptors (Lipinski definition) is 4. The number of amides is 1. The maximum absolute atomic E-state index is 12.3. The van der Waals surface area contributed by atoms with Crippen LogP contribution in [-0.4, -0.2) is 41.2 Å². The molecule has 21 heavy (non-hydrogen) atoms. The third-order valence-corrected chi connectivity index (χ3v) is 3.51. The zero-order valence-electron chi connectivity index (χ0n) is 11.8. The number of carbonyl (C=O) groups is 2. The lowest BCUT2D eigenvalue weighted by molar-refractivity contribution is -0.131. The van der Waals surface area contributed by atoms with Crippen LogP contribution in [0, 0.1) is 0 Å². The maximum Gasteiger partial charge on any atom is 0.328 e. The lowest BCUT2D eigenvalue weighted by atomic mass is 10.1. The Labute approximate surface area is 122 Å². The highest BCUT2D eigenvalue weighted by Crippen LogP contribution is 2.21. The van der Waals surface area contributed by atoms with Crippen molar-refractivity contribution in [3.05, 3.63) is 35.7 Å². The van der Waals surface area contributed by atoms with E-state index in [-0.39, 0.29) is 23.7 Å². The highest BCUT2D eigenvalue weighted by molar-refractivity contribution is 5.97. The van der Waals surface area contributed by atoms with Crippen LogP contribution in [0.25, 0.3) is 6.08 Å². The van der Waals surface area contributed by atoms with E-state index < -0.39 is 5.97 Å². The number of aromatic nitrogens is 1. The van der Waals surface area contributed by atoms with Crippen molar-refractivity contribution in [2.75, 3.05) is 7.11 Å². The smallest absolute Gasteiger partial charge is 0.328 e. The van der Waals surface area contributed by atoms with E-state index in [1.54, 1.807) is 19.2 Å². The third-order valence-electron chi connectivity index (χ3n) is 3.51. The molecule has 1 heterocycles. The third kappa shape index (κ3) is 4.13. The summed E-state index contributed by atoms with van der Waals surface area (Å²) in [6.45, 7) is 0. The summed E-state index contributed by atoms with van der Waals surface area (Å²) in [5.41, 5.74) is 0.717.